The second kappa shape index (κ2) is 30.2. The summed E-state index contributed by atoms with van der Waals surface area (Å²) in [6, 6.07) is 0. The quantitative estimate of drug-likeness (QED) is 0.0650. The van der Waals surface area contributed by atoms with E-state index in [9.17, 15) is 0 Å². The summed E-state index contributed by atoms with van der Waals surface area (Å²) in [6.07, 6.45) is 36.4. The first-order chi connectivity index (χ1) is 18.2. The van der Waals surface area contributed by atoms with Gasteiger partial charge in [-0.25, -0.2) is 0 Å². The van der Waals surface area contributed by atoms with Crippen LogP contribution in [0.3, 0.4) is 0 Å². The lowest BCUT2D eigenvalue weighted by atomic mass is 9.86. The van der Waals surface area contributed by atoms with Crippen molar-refractivity contribution in [2.75, 3.05) is 19.6 Å². The number of rotatable bonds is 31. The summed E-state index contributed by atoms with van der Waals surface area (Å²) in [5, 5.41) is 0. The fraction of sp³-hybridized carbons (Fsp3) is 0.944. The third kappa shape index (κ3) is 25.7. The molecule has 1 nitrogen and oxygen atoms in total. The summed E-state index contributed by atoms with van der Waals surface area (Å²) in [7, 11) is 0. The van der Waals surface area contributed by atoms with E-state index in [0.717, 1.165) is 5.92 Å². The molecule has 222 valence electrons. The lowest BCUT2D eigenvalue weighted by Crippen LogP contribution is -2.27. The van der Waals surface area contributed by atoms with Gasteiger partial charge in [-0.3, -0.25) is 0 Å². The van der Waals surface area contributed by atoms with Crippen LogP contribution in [-0.2, 0) is 0 Å². The SMILES string of the molecule is C=C(CCCCCCCN(CCCC)CCCCCCCC)C(CCCCCC)CCCCCCCC. The molecule has 0 aliphatic heterocycles. The maximum absolute atomic E-state index is 4.61. The maximum Gasteiger partial charge on any atom is -0.00187 e. The van der Waals surface area contributed by atoms with Crippen molar-refractivity contribution < 1.29 is 0 Å². The van der Waals surface area contributed by atoms with Crippen LogP contribution in [0.2, 0.25) is 0 Å². The predicted octanol–water partition coefficient (Wildman–Crippen LogP) is 12.7. The van der Waals surface area contributed by atoms with Crippen LogP contribution >= 0.6 is 0 Å². The molecule has 0 aromatic rings. The molecule has 0 saturated heterocycles. The molecule has 0 amide bonds. The van der Waals surface area contributed by atoms with Crippen molar-refractivity contribution >= 4 is 0 Å². The average molecular weight is 520 g/mol. The molecule has 1 heteroatoms. The van der Waals surface area contributed by atoms with Crippen molar-refractivity contribution in [3.8, 4) is 0 Å². The van der Waals surface area contributed by atoms with Crippen LogP contribution in [0.4, 0.5) is 0 Å². The van der Waals surface area contributed by atoms with E-state index >= 15 is 0 Å². The molecule has 0 rings (SSSR count). The second-order valence-corrected chi connectivity index (χ2v) is 12.2. The third-order valence-electron chi connectivity index (χ3n) is 8.52. The van der Waals surface area contributed by atoms with Crippen LogP contribution in [0.1, 0.15) is 195 Å². The van der Waals surface area contributed by atoms with Gasteiger partial charge in [0.1, 0.15) is 0 Å². The second-order valence-electron chi connectivity index (χ2n) is 12.2. The first-order valence-electron chi connectivity index (χ1n) is 17.6. The molecule has 0 bridgehead atoms. The van der Waals surface area contributed by atoms with E-state index in [1.165, 1.54) is 187 Å². The Morgan fingerprint density at radius 3 is 1.27 bits per heavy atom. The van der Waals surface area contributed by atoms with Crippen LogP contribution < -0.4 is 0 Å². The fourth-order valence-electron chi connectivity index (χ4n) is 5.80. The van der Waals surface area contributed by atoms with E-state index in [2.05, 4.69) is 39.2 Å². The monoisotopic (exact) mass is 520 g/mol. The minimum atomic E-state index is 0.803. The molecule has 0 aromatic heterocycles. The predicted molar refractivity (Wildman–Crippen MR) is 172 cm³/mol. The summed E-state index contributed by atoms with van der Waals surface area (Å²) in [6.45, 7) is 17.9. The molecule has 0 spiro atoms. The Kier molecular flexibility index (Phi) is 30.0. The highest BCUT2D eigenvalue weighted by molar-refractivity contribution is 5.00. The summed E-state index contributed by atoms with van der Waals surface area (Å²) in [5.74, 6) is 0.803. The maximum atomic E-state index is 4.61. The van der Waals surface area contributed by atoms with Crippen LogP contribution in [-0.4, -0.2) is 24.5 Å². The summed E-state index contributed by atoms with van der Waals surface area (Å²) in [5.41, 5.74) is 1.59. The average Bonchev–Trinajstić information content (AvgIpc) is 2.91. The molecule has 1 atom stereocenters. The van der Waals surface area contributed by atoms with E-state index in [0.29, 0.717) is 0 Å². The van der Waals surface area contributed by atoms with Gasteiger partial charge in [-0.1, -0.05) is 162 Å². The molecule has 37 heavy (non-hydrogen) atoms. The summed E-state index contributed by atoms with van der Waals surface area (Å²) in [4.78, 5) is 2.77. The number of hydrogen-bond donors (Lipinski definition) is 0. The fourth-order valence-corrected chi connectivity index (χ4v) is 5.80. The van der Waals surface area contributed by atoms with Gasteiger partial charge in [0.05, 0.1) is 0 Å². The summed E-state index contributed by atoms with van der Waals surface area (Å²) < 4.78 is 0. The molecule has 0 N–H and O–H groups in total. The van der Waals surface area contributed by atoms with Gasteiger partial charge in [-0.15, -0.1) is 0 Å². The van der Waals surface area contributed by atoms with Crippen LogP contribution in [0.15, 0.2) is 12.2 Å². The molecule has 0 saturated carbocycles. The van der Waals surface area contributed by atoms with Crippen LogP contribution in [0, 0.1) is 5.92 Å². The van der Waals surface area contributed by atoms with Crippen molar-refractivity contribution in [3.63, 3.8) is 0 Å². The molecule has 0 aromatic carbocycles. The highest BCUT2D eigenvalue weighted by Gasteiger charge is 2.12. The van der Waals surface area contributed by atoms with Gasteiger partial charge in [0, 0.05) is 0 Å². The Morgan fingerprint density at radius 1 is 0.432 bits per heavy atom. The van der Waals surface area contributed by atoms with Crippen molar-refractivity contribution in [1.82, 2.24) is 4.90 Å². The minimum absolute atomic E-state index is 0.803. The molecule has 0 radical (unpaired) electrons. The van der Waals surface area contributed by atoms with Gasteiger partial charge >= 0.3 is 0 Å². The molecular weight excluding hydrogens is 446 g/mol. The normalized spacial score (nSPS) is 12.5. The highest BCUT2D eigenvalue weighted by atomic mass is 15.1. The zero-order valence-electron chi connectivity index (χ0n) is 26.7. The first-order valence-corrected chi connectivity index (χ1v) is 17.6. The van der Waals surface area contributed by atoms with Crippen LogP contribution in [0.5, 0.6) is 0 Å². The summed E-state index contributed by atoms with van der Waals surface area (Å²) >= 11 is 0. The Labute approximate surface area is 237 Å². The molecule has 0 aliphatic carbocycles. The Morgan fingerprint density at radius 2 is 0.784 bits per heavy atom. The van der Waals surface area contributed by atoms with E-state index in [1.807, 2.05) is 0 Å². The minimum Gasteiger partial charge on any atom is -0.303 e. The van der Waals surface area contributed by atoms with E-state index in [1.54, 1.807) is 5.57 Å². The number of allylic oxidation sites excluding steroid dienone is 1. The topological polar surface area (TPSA) is 3.24 Å². The molecule has 0 fully saturated rings. The number of hydrogen-bond acceptors (Lipinski definition) is 1. The van der Waals surface area contributed by atoms with Crippen molar-refractivity contribution in [2.45, 2.75) is 195 Å². The molecular formula is C36H73N. The Hall–Kier alpha value is -0.300. The zero-order valence-corrected chi connectivity index (χ0v) is 26.7. The van der Waals surface area contributed by atoms with E-state index in [4.69, 9.17) is 0 Å². The largest absolute Gasteiger partial charge is 0.303 e. The highest BCUT2D eigenvalue weighted by Crippen LogP contribution is 2.28. The van der Waals surface area contributed by atoms with Gasteiger partial charge in [-0.05, 0) is 70.5 Å². The first kappa shape index (κ1) is 36.7. The molecule has 0 aliphatic rings. The molecule has 0 heterocycles. The van der Waals surface area contributed by atoms with Crippen molar-refractivity contribution in [3.05, 3.63) is 12.2 Å². The lowest BCUT2D eigenvalue weighted by molar-refractivity contribution is 0.256. The van der Waals surface area contributed by atoms with Crippen LogP contribution in [0.25, 0.3) is 0 Å². The van der Waals surface area contributed by atoms with Gasteiger partial charge < -0.3 is 4.90 Å². The molecule has 1 unspecified atom stereocenters. The van der Waals surface area contributed by atoms with Gasteiger partial charge in [0.15, 0.2) is 0 Å². The number of unbranched alkanes of at least 4 members (excludes halogenated alkanes) is 18. The van der Waals surface area contributed by atoms with E-state index in [-0.39, 0.29) is 0 Å². The smallest absolute Gasteiger partial charge is 0.00187 e. The van der Waals surface area contributed by atoms with Gasteiger partial charge in [-0.2, -0.15) is 0 Å². The zero-order chi connectivity index (χ0) is 27.2. The van der Waals surface area contributed by atoms with Gasteiger partial charge in [0.2, 0.25) is 0 Å². The van der Waals surface area contributed by atoms with Crippen molar-refractivity contribution in [1.29, 1.82) is 0 Å². The number of nitrogens with zero attached hydrogens (tertiary/aromatic N) is 1. The van der Waals surface area contributed by atoms with Gasteiger partial charge in [0.25, 0.3) is 0 Å². The van der Waals surface area contributed by atoms with Crippen molar-refractivity contribution in [2.24, 2.45) is 5.92 Å². The third-order valence-corrected chi connectivity index (χ3v) is 8.52. The van der Waals surface area contributed by atoms with E-state index < -0.39 is 0 Å². The lowest BCUT2D eigenvalue weighted by Gasteiger charge is -2.22. The Bertz CT molecular complexity index is 442. The Balaban J connectivity index is 4.08. The standard InChI is InChI=1S/C36H73N/c1-6-10-14-17-21-26-31-36(30-25-16-12-8-3)35(5)29-24-20-19-23-28-34-37(32-13-9-4)33-27-22-18-15-11-7-2/h36H,5-34H2,1-4H3.